The first-order valence-corrected chi connectivity index (χ1v) is 8.68. The van der Waals surface area contributed by atoms with Crippen LogP contribution < -0.4 is 0 Å². The van der Waals surface area contributed by atoms with Crippen molar-refractivity contribution in [3.05, 3.63) is 35.9 Å². The Labute approximate surface area is 146 Å². The maximum absolute atomic E-state index is 12.5. The number of halogens is 1. The van der Waals surface area contributed by atoms with Crippen LogP contribution in [0.5, 0.6) is 0 Å². The van der Waals surface area contributed by atoms with Gasteiger partial charge in [0.2, 0.25) is 0 Å². The summed E-state index contributed by atoms with van der Waals surface area (Å²) >= 11 is 5.48. The Morgan fingerprint density at radius 1 is 1.43 bits per heavy atom. The van der Waals surface area contributed by atoms with Crippen LogP contribution in [0.15, 0.2) is 35.9 Å². The quantitative estimate of drug-likeness (QED) is 0.383. The molecule has 0 radical (unpaired) electrons. The van der Waals surface area contributed by atoms with E-state index in [-0.39, 0.29) is 23.5 Å². The number of allylic oxidation sites excluding steroid dienone is 3. The number of carbonyl (C=O) groups is 1. The zero-order valence-corrected chi connectivity index (χ0v) is 15.6. The van der Waals surface area contributed by atoms with E-state index in [1.165, 1.54) is 5.54 Å². The molecule has 3 nitrogen and oxygen atoms in total. The second-order valence-electron chi connectivity index (χ2n) is 7.34. The molecule has 0 aromatic heterocycles. The van der Waals surface area contributed by atoms with Crippen molar-refractivity contribution in [2.75, 3.05) is 13.6 Å². The lowest BCUT2D eigenvalue weighted by Crippen LogP contribution is -2.40. The van der Waals surface area contributed by atoms with E-state index >= 15 is 0 Å². The molecule has 0 aromatic rings. The number of hydrogen-bond donors (Lipinski definition) is 0. The molecule has 0 aromatic carbocycles. The number of esters is 1. The summed E-state index contributed by atoms with van der Waals surface area (Å²) in [6.45, 7) is 11.4. The molecular weight excluding hydrogens is 310 g/mol. The second-order valence-corrected chi connectivity index (χ2v) is 7.59. The van der Waals surface area contributed by atoms with E-state index in [9.17, 15) is 4.79 Å². The van der Waals surface area contributed by atoms with Crippen LogP contribution in [0.1, 0.15) is 46.5 Å². The van der Waals surface area contributed by atoms with Gasteiger partial charge in [0.05, 0.1) is 0 Å². The highest BCUT2D eigenvalue weighted by Crippen LogP contribution is 2.29. The Morgan fingerprint density at radius 3 is 2.65 bits per heavy atom. The van der Waals surface area contributed by atoms with E-state index in [1.807, 2.05) is 19.2 Å². The Hall–Kier alpha value is -1.06. The van der Waals surface area contributed by atoms with Crippen LogP contribution in [-0.4, -0.2) is 36.6 Å². The van der Waals surface area contributed by atoms with Gasteiger partial charge in [0.25, 0.3) is 0 Å². The van der Waals surface area contributed by atoms with Gasteiger partial charge in [-0.25, -0.2) is 0 Å². The second kappa shape index (κ2) is 9.29. The van der Waals surface area contributed by atoms with Crippen molar-refractivity contribution >= 4 is 17.6 Å². The van der Waals surface area contributed by atoms with Crippen LogP contribution in [0.4, 0.5) is 0 Å². The fourth-order valence-electron chi connectivity index (χ4n) is 2.65. The SMILES string of the molecule is C=C(C/C=C/C=C/Cl)CC(OC(=O)[C@@H]1CCCN1C)C(C)(C)C. The van der Waals surface area contributed by atoms with Gasteiger partial charge in [-0.15, -0.1) is 0 Å². The summed E-state index contributed by atoms with van der Waals surface area (Å²) in [5.74, 6) is -0.0988. The molecular formula is C19H30ClNO2. The van der Waals surface area contributed by atoms with Gasteiger partial charge in [0, 0.05) is 12.0 Å². The number of likely N-dealkylation sites (N-methyl/N-ethyl adjacent to an activating group) is 1. The lowest BCUT2D eigenvalue weighted by atomic mass is 9.84. The fraction of sp³-hybridized carbons (Fsp3) is 0.632. The first-order valence-electron chi connectivity index (χ1n) is 8.25. The molecule has 0 spiro atoms. The molecule has 0 N–H and O–H groups in total. The molecule has 130 valence electrons. The van der Waals surface area contributed by atoms with Crippen LogP contribution in [0.3, 0.4) is 0 Å². The number of carbonyl (C=O) groups excluding carboxylic acids is 1. The summed E-state index contributed by atoms with van der Waals surface area (Å²) in [7, 11) is 1.99. The number of nitrogens with zero attached hydrogens (tertiary/aromatic N) is 1. The van der Waals surface area contributed by atoms with Crippen LogP contribution in [0.25, 0.3) is 0 Å². The van der Waals surface area contributed by atoms with Gasteiger partial charge in [-0.2, -0.15) is 0 Å². The summed E-state index contributed by atoms with van der Waals surface area (Å²) in [5.41, 5.74) is 2.41. The normalized spacial score (nSPS) is 21.2. The zero-order chi connectivity index (χ0) is 17.5. The highest BCUT2D eigenvalue weighted by molar-refractivity contribution is 6.25. The van der Waals surface area contributed by atoms with E-state index in [2.05, 4.69) is 32.3 Å². The topological polar surface area (TPSA) is 29.5 Å². The van der Waals surface area contributed by atoms with Crippen molar-refractivity contribution in [2.45, 2.75) is 58.6 Å². The number of rotatable bonds is 7. The molecule has 1 unspecified atom stereocenters. The average molecular weight is 340 g/mol. The molecule has 4 heteroatoms. The van der Waals surface area contributed by atoms with Gasteiger partial charge < -0.3 is 4.74 Å². The van der Waals surface area contributed by atoms with Crippen LogP contribution in [-0.2, 0) is 9.53 Å². The summed E-state index contributed by atoms with van der Waals surface area (Å²) in [4.78, 5) is 14.5. The molecule has 0 aliphatic carbocycles. The van der Waals surface area contributed by atoms with E-state index < -0.39 is 0 Å². The van der Waals surface area contributed by atoms with E-state index in [4.69, 9.17) is 16.3 Å². The minimum atomic E-state index is -0.159. The van der Waals surface area contributed by atoms with E-state index in [0.717, 1.165) is 31.4 Å². The van der Waals surface area contributed by atoms with Crippen molar-refractivity contribution < 1.29 is 9.53 Å². The third-order valence-electron chi connectivity index (χ3n) is 4.22. The average Bonchev–Trinajstić information content (AvgIpc) is 2.88. The minimum Gasteiger partial charge on any atom is -0.460 e. The predicted octanol–water partition coefficient (Wildman–Crippen LogP) is 4.68. The van der Waals surface area contributed by atoms with Gasteiger partial charge >= 0.3 is 5.97 Å². The van der Waals surface area contributed by atoms with E-state index in [1.54, 1.807) is 6.08 Å². The smallest absolute Gasteiger partial charge is 0.323 e. The predicted molar refractivity (Wildman–Crippen MR) is 97.5 cm³/mol. The maximum Gasteiger partial charge on any atom is 0.323 e. The molecule has 0 amide bonds. The standard InChI is InChI=1S/C19H30ClNO2/c1-15(10-7-6-8-12-20)14-17(19(2,3)4)23-18(22)16-11-9-13-21(16)5/h6-8,12,16-17H,1,9-11,13-14H2,2-5H3/b7-6+,12-8+/t16-,17?/m0/s1. The van der Waals surface area contributed by atoms with Crippen molar-refractivity contribution in [2.24, 2.45) is 5.41 Å². The molecule has 1 fully saturated rings. The zero-order valence-electron chi connectivity index (χ0n) is 14.8. The van der Waals surface area contributed by atoms with Crippen LogP contribution in [0.2, 0.25) is 0 Å². The van der Waals surface area contributed by atoms with Gasteiger partial charge in [-0.05, 0) is 38.3 Å². The van der Waals surface area contributed by atoms with Crippen molar-refractivity contribution in [3.63, 3.8) is 0 Å². The molecule has 0 saturated carbocycles. The Bertz CT molecular complexity index is 462. The monoisotopic (exact) mass is 339 g/mol. The van der Waals surface area contributed by atoms with Crippen molar-refractivity contribution in [1.82, 2.24) is 4.90 Å². The van der Waals surface area contributed by atoms with Crippen molar-refractivity contribution in [1.29, 1.82) is 0 Å². The molecule has 1 aliphatic rings. The number of ether oxygens (including phenoxy) is 1. The summed E-state index contributed by atoms with van der Waals surface area (Å²) in [6.07, 6.45) is 8.90. The van der Waals surface area contributed by atoms with Gasteiger partial charge in [0.15, 0.2) is 0 Å². The molecule has 1 saturated heterocycles. The first kappa shape index (κ1) is 20.0. The van der Waals surface area contributed by atoms with Gasteiger partial charge in [0.1, 0.15) is 12.1 Å². The first-order chi connectivity index (χ1) is 10.8. The van der Waals surface area contributed by atoms with Gasteiger partial charge in [-0.1, -0.05) is 62.8 Å². The van der Waals surface area contributed by atoms with Crippen molar-refractivity contribution in [3.8, 4) is 0 Å². The van der Waals surface area contributed by atoms with Crippen LogP contribution >= 0.6 is 11.6 Å². The summed E-state index contributed by atoms with van der Waals surface area (Å²) < 4.78 is 5.87. The third kappa shape index (κ3) is 6.92. The Morgan fingerprint density at radius 2 is 2.13 bits per heavy atom. The lowest BCUT2D eigenvalue weighted by molar-refractivity contribution is -0.159. The minimum absolute atomic E-state index is 0.0955. The highest BCUT2D eigenvalue weighted by Gasteiger charge is 2.34. The Balaban J connectivity index is 2.62. The molecule has 0 bridgehead atoms. The molecule has 1 heterocycles. The fourth-order valence-corrected chi connectivity index (χ4v) is 2.74. The molecule has 2 atom stereocenters. The molecule has 23 heavy (non-hydrogen) atoms. The Kier molecular flexibility index (Phi) is 8.07. The highest BCUT2D eigenvalue weighted by atomic mass is 35.5. The van der Waals surface area contributed by atoms with Crippen LogP contribution in [0, 0.1) is 5.41 Å². The number of likely N-dealkylation sites (tertiary alicyclic amines) is 1. The lowest BCUT2D eigenvalue weighted by Gasteiger charge is -2.32. The largest absolute Gasteiger partial charge is 0.460 e. The third-order valence-corrected chi connectivity index (χ3v) is 4.36. The van der Waals surface area contributed by atoms with Gasteiger partial charge in [-0.3, -0.25) is 9.69 Å². The number of hydrogen-bond acceptors (Lipinski definition) is 3. The summed E-state index contributed by atoms with van der Waals surface area (Å²) in [6, 6.07) is -0.0955. The summed E-state index contributed by atoms with van der Waals surface area (Å²) in [5, 5.41) is 0. The molecule has 1 aliphatic heterocycles. The maximum atomic E-state index is 12.5. The van der Waals surface area contributed by atoms with E-state index in [0.29, 0.717) is 6.42 Å². The molecule has 1 rings (SSSR count).